The Morgan fingerprint density at radius 3 is 2.58 bits per heavy atom. The first kappa shape index (κ1) is 8.71. The van der Waals surface area contributed by atoms with Gasteiger partial charge in [-0.25, -0.2) is 4.57 Å². The van der Waals surface area contributed by atoms with Gasteiger partial charge >= 0.3 is 0 Å². The van der Waals surface area contributed by atoms with Crippen molar-refractivity contribution in [3.63, 3.8) is 0 Å². The first-order valence-electron chi connectivity index (χ1n) is 3.79. The average molecular weight is 165 g/mol. The summed E-state index contributed by atoms with van der Waals surface area (Å²) in [6.07, 6.45) is 1.76. The van der Waals surface area contributed by atoms with E-state index in [9.17, 15) is 4.79 Å². The lowest BCUT2D eigenvalue weighted by Gasteiger charge is -2.00. The van der Waals surface area contributed by atoms with Gasteiger partial charge in [0.1, 0.15) is 12.6 Å². The molecule has 1 aromatic rings. The number of hydrogen-bond donors (Lipinski definition) is 1. The predicted octanol–water partition coefficient (Wildman–Crippen LogP) is 0.227. The van der Waals surface area contributed by atoms with Crippen LogP contribution in [0.1, 0.15) is 21.6 Å². The van der Waals surface area contributed by atoms with Crippen LogP contribution in [0.3, 0.4) is 0 Å². The van der Waals surface area contributed by atoms with Gasteiger partial charge in [0.25, 0.3) is 5.91 Å². The Bertz CT molecular complexity index is 332. The van der Waals surface area contributed by atoms with E-state index in [1.165, 1.54) is 0 Å². The molecule has 2 N–H and O–H groups in total. The van der Waals surface area contributed by atoms with Gasteiger partial charge in [-0.05, 0) is 12.5 Å². The van der Waals surface area contributed by atoms with Crippen LogP contribution in [0.4, 0.5) is 0 Å². The van der Waals surface area contributed by atoms with Gasteiger partial charge in [0.05, 0.1) is 0 Å². The van der Waals surface area contributed by atoms with Gasteiger partial charge in [0.2, 0.25) is 0 Å². The maximum absolute atomic E-state index is 10.9. The molecule has 0 spiro atoms. The van der Waals surface area contributed by atoms with E-state index in [0.29, 0.717) is 5.56 Å². The number of nitrogens with zero attached hydrogens (tertiary/aromatic N) is 1. The molecule has 0 radical (unpaired) electrons. The maximum Gasteiger partial charge on any atom is 0.255 e. The molecule has 1 amide bonds. The lowest BCUT2D eigenvalue weighted by Crippen LogP contribution is -2.34. The lowest BCUT2D eigenvalue weighted by atomic mass is 10.1. The minimum absolute atomic E-state index is 0.372. The van der Waals surface area contributed by atoms with E-state index in [-0.39, 0.29) is 5.91 Å². The fraction of sp³-hybridized carbons (Fsp3) is 0.333. The molecule has 0 aliphatic heterocycles. The van der Waals surface area contributed by atoms with Gasteiger partial charge in [-0.15, -0.1) is 0 Å². The SMILES string of the molecule is Cc1cc(C)[n+](C)cc1C(N)=O. The molecule has 0 aromatic carbocycles. The molecule has 12 heavy (non-hydrogen) atoms. The molecule has 1 aromatic heterocycles. The van der Waals surface area contributed by atoms with Crippen molar-refractivity contribution in [1.29, 1.82) is 0 Å². The van der Waals surface area contributed by atoms with Gasteiger partial charge < -0.3 is 5.73 Å². The Balaban J connectivity index is 3.33. The molecule has 0 atom stereocenters. The van der Waals surface area contributed by atoms with Crippen molar-refractivity contribution in [3.05, 3.63) is 29.1 Å². The van der Waals surface area contributed by atoms with E-state index >= 15 is 0 Å². The Kier molecular flexibility index (Phi) is 2.13. The molecule has 1 heterocycles. The van der Waals surface area contributed by atoms with E-state index in [4.69, 9.17) is 5.73 Å². The number of nitrogens with two attached hydrogens (primary N) is 1. The first-order valence-corrected chi connectivity index (χ1v) is 3.79. The van der Waals surface area contributed by atoms with Crippen LogP contribution in [0.25, 0.3) is 0 Å². The van der Waals surface area contributed by atoms with Crippen LogP contribution in [-0.4, -0.2) is 5.91 Å². The number of amides is 1. The zero-order valence-corrected chi connectivity index (χ0v) is 7.59. The standard InChI is InChI=1S/C9H12N2O/c1-6-4-7(2)11(3)5-8(6)9(10)12/h4-5H,1-3H3,(H-,10,12)/p+1. The summed E-state index contributed by atoms with van der Waals surface area (Å²) in [5.41, 5.74) is 7.81. The third kappa shape index (κ3) is 1.44. The Labute approximate surface area is 71.8 Å². The van der Waals surface area contributed by atoms with E-state index < -0.39 is 0 Å². The fourth-order valence-electron chi connectivity index (χ4n) is 1.15. The zero-order chi connectivity index (χ0) is 9.30. The van der Waals surface area contributed by atoms with Gasteiger partial charge in [-0.1, -0.05) is 0 Å². The summed E-state index contributed by atoms with van der Waals surface area (Å²) in [6.45, 7) is 3.87. The first-order chi connectivity index (χ1) is 5.52. The second-order valence-electron chi connectivity index (χ2n) is 2.99. The van der Waals surface area contributed by atoms with Crippen molar-refractivity contribution in [2.75, 3.05) is 0 Å². The topological polar surface area (TPSA) is 47.0 Å². The third-order valence-electron chi connectivity index (χ3n) is 1.99. The summed E-state index contributed by atoms with van der Waals surface area (Å²) >= 11 is 0. The number of primary amides is 1. The second-order valence-corrected chi connectivity index (χ2v) is 2.99. The highest BCUT2D eigenvalue weighted by Crippen LogP contribution is 2.04. The van der Waals surface area contributed by atoms with E-state index in [1.54, 1.807) is 6.20 Å². The van der Waals surface area contributed by atoms with Crippen molar-refractivity contribution in [2.45, 2.75) is 13.8 Å². The highest BCUT2D eigenvalue weighted by Gasteiger charge is 2.11. The normalized spacial score (nSPS) is 9.92. The molecule has 64 valence electrons. The molecular formula is C9H13N2O+. The number of aromatic nitrogens is 1. The number of carbonyl (C=O) groups is 1. The number of pyridine rings is 1. The van der Waals surface area contributed by atoms with E-state index in [1.807, 2.05) is 31.5 Å². The molecule has 3 heteroatoms. The van der Waals surface area contributed by atoms with Crippen molar-refractivity contribution in [1.82, 2.24) is 0 Å². The summed E-state index contributed by atoms with van der Waals surface area (Å²) in [5.74, 6) is -0.372. The molecular weight excluding hydrogens is 152 g/mol. The minimum atomic E-state index is -0.372. The number of carbonyl (C=O) groups excluding carboxylic acids is 1. The number of rotatable bonds is 1. The van der Waals surface area contributed by atoms with Gasteiger partial charge in [-0.2, -0.15) is 0 Å². The van der Waals surface area contributed by atoms with Crippen LogP contribution >= 0.6 is 0 Å². The molecule has 0 aliphatic carbocycles. The molecule has 3 nitrogen and oxygen atoms in total. The van der Waals surface area contributed by atoms with E-state index in [2.05, 4.69) is 0 Å². The summed E-state index contributed by atoms with van der Waals surface area (Å²) < 4.78 is 1.88. The molecule has 0 fully saturated rings. The van der Waals surface area contributed by atoms with Crippen molar-refractivity contribution in [3.8, 4) is 0 Å². The summed E-state index contributed by atoms with van der Waals surface area (Å²) in [4.78, 5) is 10.9. The zero-order valence-electron chi connectivity index (χ0n) is 7.59. The smallest absolute Gasteiger partial charge is 0.255 e. The fourth-order valence-corrected chi connectivity index (χ4v) is 1.15. The Morgan fingerprint density at radius 2 is 2.08 bits per heavy atom. The maximum atomic E-state index is 10.9. The average Bonchev–Trinajstić information content (AvgIpc) is 1.96. The van der Waals surface area contributed by atoms with E-state index in [0.717, 1.165) is 11.3 Å². The lowest BCUT2D eigenvalue weighted by molar-refractivity contribution is -0.677. The summed E-state index contributed by atoms with van der Waals surface area (Å²) in [5, 5.41) is 0. The number of aryl methyl sites for hydroxylation is 3. The van der Waals surface area contributed by atoms with Crippen molar-refractivity contribution in [2.24, 2.45) is 12.8 Å². The van der Waals surface area contributed by atoms with Gasteiger partial charge in [0, 0.05) is 13.0 Å². The van der Waals surface area contributed by atoms with Crippen LogP contribution in [0.15, 0.2) is 12.3 Å². The predicted molar refractivity (Wildman–Crippen MR) is 45.6 cm³/mol. The Hall–Kier alpha value is -1.38. The largest absolute Gasteiger partial charge is 0.365 e. The summed E-state index contributed by atoms with van der Waals surface area (Å²) in [7, 11) is 1.89. The molecule has 0 saturated carbocycles. The van der Waals surface area contributed by atoms with Crippen molar-refractivity contribution < 1.29 is 9.36 Å². The molecule has 0 bridgehead atoms. The third-order valence-corrected chi connectivity index (χ3v) is 1.99. The molecule has 0 saturated heterocycles. The van der Waals surface area contributed by atoms with Gasteiger partial charge in [-0.3, -0.25) is 4.79 Å². The number of hydrogen-bond acceptors (Lipinski definition) is 1. The molecule has 0 aliphatic rings. The highest BCUT2D eigenvalue weighted by molar-refractivity contribution is 5.93. The Morgan fingerprint density at radius 1 is 1.50 bits per heavy atom. The van der Waals surface area contributed by atoms with Crippen LogP contribution in [0, 0.1) is 13.8 Å². The summed E-state index contributed by atoms with van der Waals surface area (Å²) in [6, 6.07) is 1.94. The van der Waals surface area contributed by atoms with Crippen molar-refractivity contribution >= 4 is 5.91 Å². The van der Waals surface area contributed by atoms with Gasteiger partial charge in [0.15, 0.2) is 11.9 Å². The molecule has 1 rings (SSSR count). The van der Waals surface area contributed by atoms with Crippen LogP contribution in [0.2, 0.25) is 0 Å². The second kappa shape index (κ2) is 2.93. The quantitative estimate of drug-likeness (QED) is 0.595. The van der Waals surface area contributed by atoms with Crippen LogP contribution in [-0.2, 0) is 7.05 Å². The highest BCUT2D eigenvalue weighted by atomic mass is 16.1. The molecule has 0 unspecified atom stereocenters. The minimum Gasteiger partial charge on any atom is -0.365 e. The van der Waals surface area contributed by atoms with Crippen LogP contribution < -0.4 is 10.3 Å². The van der Waals surface area contributed by atoms with Crippen LogP contribution in [0.5, 0.6) is 0 Å². The monoisotopic (exact) mass is 165 g/mol.